The molecular weight excluding hydrogens is 546 g/mol. The van der Waals surface area contributed by atoms with Crippen molar-refractivity contribution < 1.29 is 37.4 Å². The van der Waals surface area contributed by atoms with E-state index in [1.54, 1.807) is 48.5 Å². The largest absolute Gasteiger partial charge is 0.493 e. The van der Waals surface area contributed by atoms with Crippen LogP contribution in [0.1, 0.15) is 32.2 Å². The van der Waals surface area contributed by atoms with Crippen molar-refractivity contribution in [3.63, 3.8) is 0 Å². The number of carbonyl (C=O) groups excluding carboxylic acids is 4. The fourth-order valence-electron chi connectivity index (χ4n) is 5.51. The van der Waals surface area contributed by atoms with E-state index in [1.165, 1.54) is 43.1 Å². The lowest BCUT2D eigenvalue weighted by Gasteiger charge is -2.40. The van der Waals surface area contributed by atoms with Gasteiger partial charge in [0.25, 0.3) is 0 Å². The maximum Gasteiger partial charge on any atom is 0.387 e. The van der Waals surface area contributed by atoms with Gasteiger partial charge in [-0.15, -0.1) is 0 Å². The van der Waals surface area contributed by atoms with Crippen molar-refractivity contribution in [1.82, 2.24) is 0 Å². The van der Waals surface area contributed by atoms with Crippen molar-refractivity contribution in [3.05, 3.63) is 82.4 Å². The fourth-order valence-corrected chi connectivity index (χ4v) is 5.77. The van der Waals surface area contributed by atoms with Crippen LogP contribution in [0, 0.1) is 11.8 Å². The van der Waals surface area contributed by atoms with Crippen LogP contribution >= 0.6 is 11.6 Å². The molecular formula is C29H23ClF2N2O6. The summed E-state index contributed by atoms with van der Waals surface area (Å²) in [7, 11) is 4.19. The van der Waals surface area contributed by atoms with Crippen LogP contribution < -0.4 is 19.3 Å². The summed E-state index contributed by atoms with van der Waals surface area (Å²) < 4.78 is 36.0. The second kappa shape index (κ2) is 10.3. The number of rotatable bonds is 6. The van der Waals surface area contributed by atoms with Gasteiger partial charge in [0.05, 0.1) is 23.5 Å². The summed E-state index contributed by atoms with van der Waals surface area (Å²) in [6.45, 7) is -3.22. The molecule has 0 fully saturated rings. The van der Waals surface area contributed by atoms with E-state index in [9.17, 15) is 28.0 Å². The van der Waals surface area contributed by atoms with E-state index < -0.39 is 53.5 Å². The van der Waals surface area contributed by atoms with Gasteiger partial charge in [0.15, 0.2) is 23.1 Å². The number of hydrogen-bond acceptors (Lipinski definition) is 6. The SMILES string of the molecule is COc1cc(C(C2C(=O)c3ccccc3N(C)C2=O)C2C(=O)c3ccccc3N(C)C2=O)cc(Cl)c1OC(F)F. The van der Waals surface area contributed by atoms with E-state index in [-0.39, 0.29) is 27.5 Å². The van der Waals surface area contributed by atoms with Gasteiger partial charge in [-0.05, 0) is 42.0 Å². The first-order valence-corrected chi connectivity index (χ1v) is 12.6. The van der Waals surface area contributed by atoms with E-state index in [0.717, 1.165) is 0 Å². The first kappa shape index (κ1) is 27.3. The molecule has 2 heterocycles. The Kier molecular flexibility index (Phi) is 7.05. The summed E-state index contributed by atoms with van der Waals surface area (Å²) in [6, 6.07) is 15.5. The molecule has 0 saturated heterocycles. The molecule has 0 saturated carbocycles. The summed E-state index contributed by atoms with van der Waals surface area (Å²) in [5, 5.41) is -0.312. The number of amides is 2. The molecule has 0 N–H and O–H groups in total. The maximum atomic E-state index is 14.0. The highest BCUT2D eigenvalue weighted by Crippen LogP contribution is 2.48. The number of benzene rings is 3. The molecule has 8 nitrogen and oxygen atoms in total. The Morgan fingerprint density at radius 2 is 1.27 bits per heavy atom. The van der Waals surface area contributed by atoms with Gasteiger partial charge in [-0.3, -0.25) is 19.2 Å². The number of para-hydroxylation sites is 2. The Balaban J connectivity index is 1.75. The molecule has 3 aromatic carbocycles. The number of alkyl halides is 2. The van der Waals surface area contributed by atoms with Crippen molar-refractivity contribution in [1.29, 1.82) is 0 Å². The van der Waals surface area contributed by atoms with E-state index in [1.807, 2.05) is 0 Å². The number of nitrogens with zero attached hydrogens (tertiary/aromatic N) is 2. The number of anilines is 2. The van der Waals surface area contributed by atoms with Crippen molar-refractivity contribution in [2.24, 2.45) is 11.8 Å². The average Bonchev–Trinajstić information content (AvgIpc) is 2.94. The quantitative estimate of drug-likeness (QED) is 0.389. The molecule has 0 bridgehead atoms. The highest BCUT2D eigenvalue weighted by atomic mass is 35.5. The van der Waals surface area contributed by atoms with Crippen LogP contribution in [-0.2, 0) is 9.59 Å². The molecule has 3 aromatic rings. The molecule has 0 aromatic heterocycles. The zero-order chi connectivity index (χ0) is 28.9. The molecule has 2 atom stereocenters. The topological polar surface area (TPSA) is 93.2 Å². The number of ether oxygens (including phenoxy) is 2. The van der Waals surface area contributed by atoms with E-state index >= 15 is 0 Å². The summed E-state index contributed by atoms with van der Waals surface area (Å²) in [5.41, 5.74) is 1.34. The number of methoxy groups -OCH3 is 1. The van der Waals surface area contributed by atoms with Gasteiger partial charge >= 0.3 is 6.61 Å². The predicted molar refractivity (Wildman–Crippen MR) is 143 cm³/mol. The van der Waals surface area contributed by atoms with Crippen molar-refractivity contribution in [2.45, 2.75) is 12.5 Å². The molecule has 2 aliphatic heterocycles. The highest BCUT2D eigenvalue weighted by molar-refractivity contribution is 6.32. The van der Waals surface area contributed by atoms with Gasteiger partial charge in [0.1, 0.15) is 11.8 Å². The van der Waals surface area contributed by atoms with Gasteiger partial charge < -0.3 is 19.3 Å². The molecule has 0 radical (unpaired) electrons. The Morgan fingerprint density at radius 1 is 0.800 bits per heavy atom. The zero-order valence-corrected chi connectivity index (χ0v) is 22.3. The summed E-state index contributed by atoms with van der Waals surface area (Å²) >= 11 is 6.35. The molecule has 11 heteroatoms. The monoisotopic (exact) mass is 568 g/mol. The molecule has 2 aliphatic rings. The van der Waals surface area contributed by atoms with E-state index in [0.29, 0.717) is 11.4 Å². The molecule has 2 amide bonds. The number of halogens is 3. The van der Waals surface area contributed by atoms with Crippen LogP contribution in [0.5, 0.6) is 11.5 Å². The highest BCUT2D eigenvalue weighted by Gasteiger charge is 2.52. The van der Waals surface area contributed by atoms with E-state index in [4.69, 9.17) is 16.3 Å². The lowest BCUT2D eigenvalue weighted by Crippen LogP contribution is -2.52. The third-order valence-electron chi connectivity index (χ3n) is 7.38. The Labute approximate surface area is 233 Å². The van der Waals surface area contributed by atoms with Crippen LogP contribution in [0.2, 0.25) is 5.02 Å². The second-order valence-corrected chi connectivity index (χ2v) is 9.86. The number of fused-ring (bicyclic) bond motifs is 2. The molecule has 0 aliphatic carbocycles. The van der Waals surface area contributed by atoms with Crippen LogP contribution in [-0.4, -0.2) is 51.2 Å². The van der Waals surface area contributed by atoms with Crippen LogP contribution in [0.3, 0.4) is 0 Å². The molecule has 206 valence electrons. The number of ketones is 2. The molecule has 0 spiro atoms. The van der Waals surface area contributed by atoms with Crippen LogP contribution in [0.15, 0.2) is 60.7 Å². The smallest absolute Gasteiger partial charge is 0.387 e. The maximum absolute atomic E-state index is 14.0. The summed E-state index contributed by atoms with van der Waals surface area (Å²) in [4.78, 5) is 58.2. The first-order chi connectivity index (χ1) is 19.1. The standard InChI is InChI=1S/C29H23ClF2N2O6/c1-33-18-10-6-4-8-15(18)24(35)22(27(33)37)21(14-12-17(30)26(40-29(31)32)20(13-14)39-3)23-25(36)16-9-5-7-11-19(16)34(2)28(23)38/h4-13,21-23,29H,1-3H3. The Hall–Kier alpha value is -4.31. The minimum absolute atomic E-state index is 0.0995. The first-order valence-electron chi connectivity index (χ1n) is 12.2. The summed E-state index contributed by atoms with van der Waals surface area (Å²) in [6.07, 6.45) is 0. The van der Waals surface area contributed by atoms with Gasteiger partial charge in [0, 0.05) is 31.1 Å². The van der Waals surface area contributed by atoms with Crippen molar-refractivity contribution >= 4 is 46.4 Å². The Morgan fingerprint density at radius 3 is 1.73 bits per heavy atom. The van der Waals surface area contributed by atoms with Gasteiger partial charge in [-0.2, -0.15) is 8.78 Å². The van der Waals surface area contributed by atoms with Gasteiger partial charge in [-0.25, -0.2) is 0 Å². The number of Topliss-reactive ketones (excluding diaryl/α,β-unsaturated/α-hetero) is 2. The average molecular weight is 569 g/mol. The second-order valence-electron chi connectivity index (χ2n) is 9.45. The van der Waals surface area contributed by atoms with Gasteiger partial charge in [-0.1, -0.05) is 35.9 Å². The third kappa shape index (κ3) is 4.28. The molecule has 2 unspecified atom stereocenters. The fraction of sp³-hybridized carbons (Fsp3) is 0.241. The van der Waals surface area contributed by atoms with Gasteiger partial charge in [0.2, 0.25) is 11.8 Å². The van der Waals surface area contributed by atoms with Crippen molar-refractivity contribution in [2.75, 3.05) is 31.0 Å². The zero-order valence-electron chi connectivity index (χ0n) is 21.6. The van der Waals surface area contributed by atoms with E-state index in [2.05, 4.69) is 4.74 Å². The van der Waals surface area contributed by atoms with Crippen LogP contribution in [0.4, 0.5) is 20.2 Å². The minimum atomic E-state index is -3.22. The Bertz CT molecular complexity index is 1480. The predicted octanol–water partition coefficient (Wildman–Crippen LogP) is 4.98. The minimum Gasteiger partial charge on any atom is -0.493 e. The summed E-state index contributed by atoms with van der Waals surface area (Å²) in [5.74, 6) is -7.53. The normalized spacial score (nSPS) is 19.5. The number of hydrogen-bond donors (Lipinski definition) is 0. The number of carbonyl (C=O) groups is 4. The lowest BCUT2D eigenvalue weighted by atomic mass is 9.68. The third-order valence-corrected chi connectivity index (χ3v) is 7.66. The van der Waals surface area contributed by atoms with Crippen molar-refractivity contribution in [3.8, 4) is 11.5 Å². The lowest BCUT2D eigenvalue weighted by molar-refractivity contribution is -0.124. The molecule has 40 heavy (non-hydrogen) atoms. The van der Waals surface area contributed by atoms with Crippen LogP contribution in [0.25, 0.3) is 0 Å². The molecule has 5 rings (SSSR count).